The van der Waals surface area contributed by atoms with Crippen LogP contribution in [0.5, 0.6) is 0 Å². The Morgan fingerprint density at radius 3 is 1.93 bits per heavy atom. The van der Waals surface area contributed by atoms with Crippen molar-refractivity contribution in [2.45, 2.75) is 6.92 Å². The summed E-state index contributed by atoms with van der Waals surface area (Å²) in [6, 6.07) is 4.03. The number of hydrogen-bond donors (Lipinski definition) is 2. The van der Waals surface area contributed by atoms with E-state index in [1.54, 1.807) is 35.1 Å². The summed E-state index contributed by atoms with van der Waals surface area (Å²) in [6.45, 7) is 2.04. The van der Waals surface area contributed by atoms with Crippen molar-refractivity contribution in [1.82, 2.24) is 19.9 Å². The summed E-state index contributed by atoms with van der Waals surface area (Å²) in [6.07, 6.45) is 3.98. The molecule has 0 fully saturated rings. The van der Waals surface area contributed by atoms with E-state index in [2.05, 4.69) is 26.0 Å². The molecule has 0 atom stereocenters. The average Bonchev–Trinajstić information content (AvgIpc) is 3.21. The van der Waals surface area contributed by atoms with E-state index in [-0.39, 0.29) is 47.3 Å². The zero-order valence-corrected chi connectivity index (χ0v) is 18.9. The Labute approximate surface area is 193 Å². The molecule has 4 rings (SSSR count). The van der Waals surface area contributed by atoms with Crippen LogP contribution in [0.1, 0.15) is 4.88 Å². The molecule has 4 aromatic rings. The molecule has 0 aliphatic carbocycles. The Morgan fingerprint density at radius 1 is 0.897 bits per heavy atom. The van der Waals surface area contributed by atoms with Gasteiger partial charge in [-0.3, -0.25) is 0 Å². The van der Waals surface area contributed by atoms with E-state index in [9.17, 15) is 0 Å². The van der Waals surface area contributed by atoms with Gasteiger partial charge in [-0.1, -0.05) is 0 Å². The van der Waals surface area contributed by atoms with Crippen LogP contribution >= 0.6 is 22.7 Å². The van der Waals surface area contributed by atoms with E-state index >= 15 is 0 Å². The van der Waals surface area contributed by atoms with Gasteiger partial charge in [0, 0.05) is 28.0 Å². The van der Waals surface area contributed by atoms with Gasteiger partial charge < -0.3 is 16.9 Å². The Balaban J connectivity index is 0. The molecule has 4 heterocycles. The minimum atomic E-state index is 0. The van der Waals surface area contributed by atoms with Crippen molar-refractivity contribution < 1.29 is 54.2 Å². The number of nitrogens with zero attached hydrogens (tertiary/aromatic N) is 4. The maximum absolute atomic E-state index is 8.12. The van der Waals surface area contributed by atoms with Crippen molar-refractivity contribution in [3.63, 3.8) is 0 Å². The molecule has 0 spiro atoms. The monoisotopic (exact) mass is 444 g/mol. The van der Waals surface area contributed by atoms with E-state index in [1.807, 2.05) is 18.4 Å². The number of carbonyl (C=O) groups excluding carboxylic acids is 4. The van der Waals surface area contributed by atoms with Crippen molar-refractivity contribution in [2.24, 2.45) is 0 Å². The number of thiophene rings is 2. The third kappa shape index (κ3) is 9.94. The Kier molecular flexibility index (Phi) is 15.1. The summed E-state index contributed by atoms with van der Waals surface area (Å²) in [5.41, 5.74) is 10.8. The van der Waals surface area contributed by atoms with Gasteiger partial charge in [0.25, 0.3) is 0 Å². The molecule has 29 heavy (non-hydrogen) atoms. The number of nitrogen functional groups attached to an aromatic ring is 2. The molecule has 0 aliphatic rings. The second-order valence-electron chi connectivity index (χ2n) is 4.42. The van der Waals surface area contributed by atoms with Gasteiger partial charge in [0.2, 0.25) is 11.9 Å². The van der Waals surface area contributed by atoms with Crippen LogP contribution in [-0.4, -0.2) is 37.7 Å². The van der Waals surface area contributed by atoms with Crippen molar-refractivity contribution in [3.8, 4) is 0 Å². The van der Waals surface area contributed by atoms with E-state index in [0.717, 1.165) is 20.4 Å². The first-order valence-electron chi connectivity index (χ1n) is 6.88. The van der Waals surface area contributed by atoms with Crippen LogP contribution in [0, 0.1) is 6.92 Å². The molecule has 146 valence electrons. The van der Waals surface area contributed by atoms with Gasteiger partial charge in [0.05, 0.1) is 0 Å². The summed E-state index contributed by atoms with van der Waals surface area (Å²) in [5, 5.41) is 4.10. The maximum Gasteiger partial charge on any atom is 1.00 e. The second-order valence-corrected chi connectivity index (χ2v) is 6.55. The molecule has 14 heteroatoms. The summed E-state index contributed by atoms with van der Waals surface area (Å²) >= 11 is 3.21. The molecule has 0 saturated carbocycles. The number of anilines is 2. The van der Waals surface area contributed by atoms with Gasteiger partial charge in [0.15, 0.2) is 0 Å². The van der Waals surface area contributed by atoms with Crippen molar-refractivity contribution in [2.75, 3.05) is 11.5 Å². The molecule has 0 unspecified atom stereocenters. The Morgan fingerprint density at radius 2 is 1.38 bits per heavy atom. The zero-order valence-electron chi connectivity index (χ0n) is 15.2. The van der Waals surface area contributed by atoms with Gasteiger partial charge >= 0.3 is 41.9 Å². The van der Waals surface area contributed by atoms with Gasteiger partial charge in [-0.2, -0.15) is 19.2 Å². The number of hydrogen-bond acceptors (Lipinski definition) is 13. The molecule has 5 N–H and O–H groups in total. The summed E-state index contributed by atoms with van der Waals surface area (Å²) in [7, 11) is 0. The first-order valence-corrected chi connectivity index (χ1v) is 8.57. The fraction of sp³-hybridized carbons (Fsp3) is 0.0667. The fourth-order valence-electron chi connectivity index (χ4n) is 1.74. The molecule has 0 radical (unpaired) electrons. The Bertz CT molecular complexity index is 1080. The molecule has 4 aromatic heterocycles. The predicted octanol–water partition coefficient (Wildman–Crippen LogP) is -1.48. The number of nitrogens with two attached hydrogens (primary N) is 2. The van der Waals surface area contributed by atoms with Crippen LogP contribution in [0.3, 0.4) is 0 Å². The van der Waals surface area contributed by atoms with Crippen LogP contribution in [0.15, 0.2) is 29.9 Å². The summed E-state index contributed by atoms with van der Waals surface area (Å²) in [5.74, 6) is 0.689. The smallest absolute Gasteiger partial charge is 0.870 e. The van der Waals surface area contributed by atoms with Crippen LogP contribution in [0.4, 0.5) is 11.9 Å². The SMILES string of the molecule is Cc1cc2cnc(N)nc2s1.Nc1ncc2ccsc2n1.O=C=O.O=C=O.[Na+].[OH-]. The molecule has 11 nitrogen and oxygen atoms in total. The van der Waals surface area contributed by atoms with E-state index in [4.69, 9.17) is 30.6 Å². The van der Waals surface area contributed by atoms with E-state index in [0.29, 0.717) is 11.9 Å². The zero-order chi connectivity index (χ0) is 20.2. The maximum atomic E-state index is 8.12. The van der Waals surface area contributed by atoms with Gasteiger partial charge in [0.1, 0.15) is 9.66 Å². The normalized spacial score (nSPS) is 8.17. The van der Waals surface area contributed by atoms with Gasteiger partial charge in [-0.15, -0.1) is 22.7 Å². The molecule has 0 aromatic carbocycles. The number of aryl methyl sites for hydroxylation is 1. The van der Waals surface area contributed by atoms with Gasteiger partial charge in [-0.05, 0) is 24.4 Å². The van der Waals surface area contributed by atoms with Crippen molar-refractivity contribution in [3.05, 3.63) is 34.8 Å². The fourth-order valence-corrected chi connectivity index (χ4v) is 3.35. The first kappa shape index (κ1) is 28.6. The molecule has 0 aliphatic heterocycles. The van der Waals surface area contributed by atoms with Crippen LogP contribution in [0.2, 0.25) is 0 Å². The predicted molar refractivity (Wildman–Crippen MR) is 100 cm³/mol. The van der Waals surface area contributed by atoms with Gasteiger partial charge in [-0.25, -0.2) is 19.9 Å². The van der Waals surface area contributed by atoms with E-state index in [1.165, 1.54) is 4.88 Å². The summed E-state index contributed by atoms with van der Waals surface area (Å²) < 4.78 is 0. The number of fused-ring (bicyclic) bond motifs is 2. The second kappa shape index (κ2) is 15.3. The Hall–Kier alpha value is -2.60. The van der Waals surface area contributed by atoms with Crippen molar-refractivity contribution in [1.29, 1.82) is 0 Å². The molecule has 0 bridgehead atoms. The minimum absolute atomic E-state index is 0. The van der Waals surface area contributed by atoms with Crippen LogP contribution in [-0.2, 0) is 19.2 Å². The quantitative estimate of drug-likeness (QED) is 0.299. The molecule has 0 saturated heterocycles. The minimum Gasteiger partial charge on any atom is -0.870 e. The number of aromatic nitrogens is 4. The van der Waals surface area contributed by atoms with Crippen LogP contribution < -0.4 is 41.0 Å². The standard InChI is InChI=1S/C7H7N3S.C6H5N3S.2CO2.Na.H2O/c1-4-2-5-3-9-7(8)10-6(5)11-4;7-6-8-3-4-1-2-10-5(4)9-6;2*2-1-3;;/h2-3H,1H3,(H2,8,9,10);1-3H,(H2,7,8,9);;;;1H2/q;;;;+1;/p-1. The summed E-state index contributed by atoms with van der Waals surface area (Å²) in [4.78, 5) is 51.5. The number of rotatable bonds is 0. The molecule has 0 amide bonds. The first-order chi connectivity index (χ1) is 12.9. The van der Waals surface area contributed by atoms with Crippen molar-refractivity contribution >= 4 is 67.3 Å². The average molecular weight is 444 g/mol. The third-order valence-electron chi connectivity index (χ3n) is 2.64. The molecular weight excluding hydrogens is 431 g/mol. The largest absolute Gasteiger partial charge is 1.00 e. The van der Waals surface area contributed by atoms with Crippen LogP contribution in [0.25, 0.3) is 20.4 Å². The third-order valence-corrected chi connectivity index (χ3v) is 4.42. The topological polar surface area (TPSA) is 202 Å². The molecular formula is C15H13N6NaO5S2. The van der Waals surface area contributed by atoms with E-state index < -0.39 is 0 Å².